The molecule has 0 radical (unpaired) electrons. The molecule has 1 aliphatic carbocycles. The molecule has 2 aromatic carbocycles. The van der Waals surface area contributed by atoms with Crippen LogP contribution in [0.4, 0.5) is 5.69 Å². The van der Waals surface area contributed by atoms with Gasteiger partial charge in [-0.15, -0.1) is 0 Å². The highest BCUT2D eigenvalue weighted by Crippen LogP contribution is 2.37. The van der Waals surface area contributed by atoms with Gasteiger partial charge in [0.1, 0.15) is 10.6 Å². The first-order valence-electron chi connectivity index (χ1n) is 8.56. The predicted octanol–water partition coefficient (Wildman–Crippen LogP) is 4.22. The van der Waals surface area contributed by atoms with Gasteiger partial charge in [-0.25, -0.2) is 8.42 Å². The zero-order chi connectivity index (χ0) is 19.8. The minimum atomic E-state index is -3.84. The lowest BCUT2D eigenvalue weighted by Crippen LogP contribution is -2.34. The summed E-state index contributed by atoms with van der Waals surface area (Å²) >= 11 is 12.0. The average molecular weight is 429 g/mol. The van der Waals surface area contributed by atoms with Crippen LogP contribution in [0.5, 0.6) is 5.75 Å². The largest absolute Gasteiger partial charge is 0.496 e. The highest BCUT2D eigenvalue weighted by Gasteiger charge is 2.27. The molecule has 0 amide bonds. The molecular weight excluding hydrogens is 407 g/mol. The molecule has 0 heterocycles. The van der Waals surface area contributed by atoms with Crippen LogP contribution in [0.15, 0.2) is 35.2 Å². The number of sulfonamides is 1. The Bertz CT molecular complexity index is 962. The smallest absolute Gasteiger partial charge is 0.263 e. The van der Waals surface area contributed by atoms with Crippen LogP contribution in [-0.2, 0) is 22.9 Å². The summed E-state index contributed by atoms with van der Waals surface area (Å²) in [6.45, 7) is 0. The topological polar surface area (TPSA) is 58.6 Å². The summed E-state index contributed by atoms with van der Waals surface area (Å²) in [6.07, 6.45) is 2.52. The van der Waals surface area contributed by atoms with E-state index >= 15 is 0 Å². The van der Waals surface area contributed by atoms with Crippen LogP contribution in [0, 0.1) is 0 Å². The van der Waals surface area contributed by atoms with E-state index < -0.39 is 10.0 Å². The number of halogens is 2. The molecule has 2 aromatic rings. The molecule has 0 fully saturated rings. The number of fused-ring (bicyclic) bond motifs is 1. The first-order chi connectivity index (χ1) is 12.7. The lowest BCUT2D eigenvalue weighted by atomic mass is 9.86. The fraction of sp³-hybridized carbons (Fsp3) is 0.368. The van der Waals surface area contributed by atoms with Gasteiger partial charge in [0.25, 0.3) is 10.0 Å². The lowest BCUT2D eigenvalue weighted by Gasteiger charge is -2.32. The van der Waals surface area contributed by atoms with Gasteiger partial charge in [0.15, 0.2) is 0 Å². The number of hydrogen-bond donors (Lipinski definition) is 1. The van der Waals surface area contributed by atoms with E-state index in [9.17, 15) is 8.42 Å². The minimum Gasteiger partial charge on any atom is -0.496 e. The van der Waals surface area contributed by atoms with E-state index in [1.807, 2.05) is 0 Å². The van der Waals surface area contributed by atoms with E-state index in [4.69, 9.17) is 27.9 Å². The first-order valence-corrected chi connectivity index (χ1v) is 10.8. The Balaban J connectivity index is 2.00. The number of hydrogen-bond acceptors (Lipinski definition) is 4. The minimum absolute atomic E-state index is 0.000104. The van der Waals surface area contributed by atoms with Gasteiger partial charge in [-0.2, -0.15) is 0 Å². The number of rotatable bonds is 5. The van der Waals surface area contributed by atoms with E-state index in [1.165, 1.54) is 18.2 Å². The zero-order valence-corrected chi connectivity index (χ0v) is 17.7. The Labute approximate surface area is 170 Å². The maximum atomic E-state index is 12.9. The van der Waals surface area contributed by atoms with Gasteiger partial charge in [-0.1, -0.05) is 23.2 Å². The summed E-state index contributed by atoms with van der Waals surface area (Å²) in [5, 5.41) is 0.473. The molecule has 5 nitrogen and oxygen atoms in total. The molecule has 0 saturated carbocycles. The first kappa shape index (κ1) is 20.3. The summed E-state index contributed by atoms with van der Waals surface area (Å²) in [7, 11) is 1.90. The molecule has 0 saturated heterocycles. The van der Waals surface area contributed by atoms with Crippen molar-refractivity contribution in [3.63, 3.8) is 0 Å². The second-order valence-corrected chi connectivity index (χ2v) is 9.31. The number of likely N-dealkylation sites (N-methyl/N-ethyl adjacent to an activating group) is 1. The molecule has 1 atom stereocenters. The van der Waals surface area contributed by atoms with Gasteiger partial charge in [-0.05, 0) is 69.3 Å². The predicted molar refractivity (Wildman–Crippen MR) is 110 cm³/mol. The Morgan fingerprint density at radius 2 is 1.89 bits per heavy atom. The van der Waals surface area contributed by atoms with Crippen molar-refractivity contribution in [2.24, 2.45) is 0 Å². The summed E-state index contributed by atoms with van der Waals surface area (Å²) in [5.41, 5.74) is 2.58. The second kappa shape index (κ2) is 7.87. The fourth-order valence-electron chi connectivity index (χ4n) is 3.45. The van der Waals surface area contributed by atoms with Gasteiger partial charge in [0.05, 0.1) is 17.8 Å². The molecule has 1 N–H and O–H groups in total. The number of ether oxygens (including phenoxy) is 1. The Morgan fingerprint density at radius 3 is 2.52 bits per heavy atom. The molecular formula is C19H22Cl2N2O3S. The monoisotopic (exact) mass is 428 g/mol. The molecule has 146 valence electrons. The van der Waals surface area contributed by atoms with Crippen molar-refractivity contribution in [1.29, 1.82) is 0 Å². The molecule has 8 heteroatoms. The fourth-order valence-corrected chi connectivity index (χ4v) is 5.32. The van der Waals surface area contributed by atoms with Crippen molar-refractivity contribution in [2.45, 2.75) is 30.2 Å². The SMILES string of the molecule is COc1ccc(NS(=O)(=O)c2ccc(Cl)cc2Cl)c2c1CC(N(C)C)CC2. The molecule has 0 aromatic heterocycles. The van der Waals surface area contributed by atoms with Crippen molar-refractivity contribution < 1.29 is 13.2 Å². The van der Waals surface area contributed by atoms with Crippen LogP contribution in [0.25, 0.3) is 0 Å². The Morgan fingerprint density at radius 1 is 1.15 bits per heavy atom. The van der Waals surface area contributed by atoms with Crippen molar-refractivity contribution in [3.8, 4) is 5.75 Å². The van der Waals surface area contributed by atoms with Crippen molar-refractivity contribution in [2.75, 3.05) is 25.9 Å². The van der Waals surface area contributed by atoms with Gasteiger partial charge in [-0.3, -0.25) is 4.72 Å². The second-order valence-electron chi connectivity index (χ2n) is 6.81. The van der Waals surface area contributed by atoms with E-state index in [1.54, 1.807) is 19.2 Å². The molecule has 27 heavy (non-hydrogen) atoms. The van der Waals surface area contributed by atoms with Crippen LogP contribution >= 0.6 is 23.2 Å². The highest BCUT2D eigenvalue weighted by atomic mass is 35.5. The standard InChI is InChI=1S/C19H22Cl2N2O3S/c1-23(2)13-5-6-14-15(11-13)18(26-3)8-7-17(14)22-27(24,25)19-9-4-12(20)10-16(19)21/h4,7-10,13,22H,5-6,11H2,1-3H3. The number of anilines is 1. The lowest BCUT2D eigenvalue weighted by molar-refractivity contribution is 0.265. The van der Waals surface area contributed by atoms with Crippen molar-refractivity contribution in [1.82, 2.24) is 4.90 Å². The molecule has 0 bridgehead atoms. The molecule has 3 rings (SSSR count). The molecule has 0 spiro atoms. The molecule has 0 aliphatic heterocycles. The maximum Gasteiger partial charge on any atom is 0.263 e. The van der Waals surface area contributed by atoms with Crippen molar-refractivity contribution >= 4 is 38.9 Å². The summed E-state index contributed by atoms with van der Waals surface area (Å²) in [4.78, 5) is 2.19. The van der Waals surface area contributed by atoms with Gasteiger partial charge >= 0.3 is 0 Å². The van der Waals surface area contributed by atoms with Crippen LogP contribution in [-0.4, -0.2) is 40.6 Å². The van der Waals surface area contributed by atoms with Gasteiger partial charge in [0.2, 0.25) is 0 Å². The summed E-state index contributed by atoms with van der Waals surface area (Å²) in [6, 6.07) is 8.28. The Hall–Kier alpha value is -1.47. The highest BCUT2D eigenvalue weighted by molar-refractivity contribution is 7.92. The zero-order valence-electron chi connectivity index (χ0n) is 15.4. The van der Waals surface area contributed by atoms with Crippen LogP contribution in [0.3, 0.4) is 0 Å². The Kier molecular flexibility index (Phi) is 5.91. The van der Waals surface area contributed by atoms with Crippen LogP contribution in [0.1, 0.15) is 17.5 Å². The number of methoxy groups -OCH3 is 1. The van der Waals surface area contributed by atoms with Crippen LogP contribution < -0.4 is 9.46 Å². The van der Waals surface area contributed by atoms with E-state index in [0.29, 0.717) is 16.8 Å². The third-order valence-electron chi connectivity index (χ3n) is 4.93. The quantitative estimate of drug-likeness (QED) is 0.773. The van der Waals surface area contributed by atoms with E-state index in [2.05, 4.69) is 23.7 Å². The third-order valence-corrected chi connectivity index (χ3v) is 7.02. The normalized spacial score (nSPS) is 16.9. The van der Waals surface area contributed by atoms with E-state index in [-0.39, 0.29) is 9.92 Å². The van der Waals surface area contributed by atoms with Gasteiger partial charge < -0.3 is 9.64 Å². The third kappa shape index (κ3) is 4.19. The summed E-state index contributed by atoms with van der Waals surface area (Å²) in [5.74, 6) is 0.782. The number of nitrogens with zero attached hydrogens (tertiary/aromatic N) is 1. The summed E-state index contributed by atoms with van der Waals surface area (Å²) < 4.78 is 33.9. The van der Waals surface area contributed by atoms with Gasteiger partial charge in [0, 0.05) is 16.6 Å². The number of benzene rings is 2. The molecule has 1 aliphatic rings. The van der Waals surface area contributed by atoms with Crippen molar-refractivity contribution in [3.05, 3.63) is 51.5 Å². The number of nitrogens with one attached hydrogen (secondary N) is 1. The van der Waals surface area contributed by atoms with Crippen LogP contribution in [0.2, 0.25) is 10.0 Å². The maximum absolute atomic E-state index is 12.9. The molecule has 1 unspecified atom stereocenters. The average Bonchev–Trinajstić information content (AvgIpc) is 2.60. The van der Waals surface area contributed by atoms with E-state index in [0.717, 1.165) is 36.1 Å².